The minimum Gasteiger partial charge on any atom is -0.311 e. The number of nitrogens with one attached hydrogen (secondary N) is 1. The van der Waals surface area contributed by atoms with Crippen molar-refractivity contribution in [1.29, 1.82) is 0 Å². The minimum atomic E-state index is -0.270. The summed E-state index contributed by atoms with van der Waals surface area (Å²) in [6.45, 7) is 9.59. The summed E-state index contributed by atoms with van der Waals surface area (Å²) in [6.07, 6.45) is 2.30. The van der Waals surface area contributed by atoms with Gasteiger partial charge in [-0.3, -0.25) is 4.90 Å². The van der Waals surface area contributed by atoms with Crippen LogP contribution < -0.4 is 5.32 Å². The zero-order valence-electron chi connectivity index (χ0n) is 13.2. The van der Waals surface area contributed by atoms with Gasteiger partial charge in [-0.2, -0.15) is 0 Å². The molecule has 1 aliphatic heterocycles. The maximum Gasteiger partial charge on any atom is 0.124 e. The van der Waals surface area contributed by atoms with Gasteiger partial charge in [-0.25, -0.2) is 4.39 Å². The SMILES string of the molecule is CCC1CNC(CC(C)C)CN1Cc1ccc(F)cc1Cl. The number of halogens is 2. The van der Waals surface area contributed by atoms with Gasteiger partial charge < -0.3 is 5.32 Å². The number of benzene rings is 1. The Morgan fingerprint density at radius 1 is 1.43 bits per heavy atom. The lowest BCUT2D eigenvalue weighted by molar-refractivity contribution is 0.111. The van der Waals surface area contributed by atoms with Crippen LogP contribution in [-0.2, 0) is 6.54 Å². The molecule has 0 radical (unpaired) electrons. The summed E-state index contributed by atoms with van der Waals surface area (Å²) < 4.78 is 13.2. The van der Waals surface area contributed by atoms with E-state index < -0.39 is 0 Å². The molecule has 0 bridgehead atoms. The van der Waals surface area contributed by atoms with Gasteiger partial charge in [0.05, 0.1) is 0 Å². The van der Waals surface area contributed by atoms with Crippen molar-refractivity contribution >= 4 is 11.6 Å². The Balaban J connectivity index is 2.06. The summed E-state index contributed by atoms with van der Waals surface area (Å²) >= 11 is 6.18. The van der Waals surface area contributed by atoms with Crippen LogP contribution in [0.1, 0.15) is 39.2 Å². The third kappa shape index (κ3) is 4.67. The molecule has 1 N–H and O–H groups in total. The topological polar surface area (TPSA) is 15.3 Å². The van der Waals surface area contributed by atoms with Crippen molar-refractivity contribution < 1.29 is 4.39 Å². The van der Waals surface area contributed by atoms with Gasteiger partial charge in [0, 0.05) is 36.7 Å². The van der Waals surface area contributed by atoms with Crippen molar-refractivity contribution in [3.05, 3.63) is 34.6 Å². The van der Waals surface area contributed by atoms with E-state index in [1.54, 1.807) is 0 Å². The molecule has 1 heterocycles. The predicted molar refractivity (Wildman–Crippen MR) is 87.1 cm³/mol. The molecule has 1 saturated heterocycles. The molecule has 2 nitrogen and oxygen atoms in total. The third-order valence-corrected chi connectivity index (χ3v) is 4.58. The van der Waals surface area contributed by atoms with E-state index in [9.17, 15) is 4.39 Å². The number of nitrogens with zero attached hydrogens (tertiary/aromatic N) is 1. The van der Waals surface area contributed by atoms with Gasteiger partial charge >= 0.3 is 0 Å². The summed E-state index contributed by atoms with van der Waals surface area (Å²) in [4.78, 5) is 2.49. The Hall–Kier alpha value is -0.640. The molecule has 2 unspecified atom stereocenters. The number of hydrogen-bond donors (Lipinski definition) is 1. The zero-order valence-corrected chi connectivity index (χ0v) is 14.0. The lowest BCUT2D eigenvalue weighted by Gasteiger charge is -2.41. The lowest BCUT2D eigenvalue weighted by atomic mass is 9.98. The summed E-state index contributed by atoms with van der Waals surface area (Å²) in [5, 5.41) is 4.19. The second-order valence-corrected chi connectivity index (χ2v) is 6.87. The first-order chi connectivity index (χ1) is 9.99. The molecular weight excluding hydrogens is 287 g/mol. The van der Waals surface area contributed by atoms with Crippen LogP contribution in [0.25, 0.3) is 0 Å². The fourth-order valence-electron chi connectivity index (χ4n) is 3.12. The van der Waals surface area contributed by atoms with Gasteiger partial charge in [-0.15, -0.1) is 0 Å². The largest absolute Gasteiger partial charge is 0.311 e. The molecule has 0 aromatic heterocycles. The van der Waals surface area contributed by atoms with Gasteiger partial charge in [0.2, 0.25) is 0 Å². The highest BCUT2D eigenvalue weighted by Gasteiger charge is 2.27. The first-order valence-electron chi connectivity index (χ1n) is 7.91. The predicted octanol–water partition coefficient (Wildman–Crippen LogP) is 4.08. The second-order valence-electron chi connectivity index (χ2n) is 6.46. The molecule has 4 heteroatoms. The van der Waals surface area contributed by atoms with E-state index >= 15 is 0 Å². The summed E-state index contributed by atoms with van der Waals surface area (Å²) in [5.41, 5.74) is 1.02. The Bertz CT molecular complexity index is 464. The number of rotatable bonds is 5. The first-order valence-corrected chi connectivity index (χ1v) is 8.28. The van der Waals surface area contributed by atoms with Crippen LogP contribution in [0.2, 0.25) is 5.02 Å². The Kier molecular flexibility index (Phi) is 6.03. The van der Waals surface area contributed by atoms with Gasteiger partial charge in [-0.05, 0) is 36.5 Å². The van der Waals surface area contributed by atoms with Crippen molar-refractivity contribution in [3.8, 4) is 0 Å². The van der Waals surface area contributed by atoms with Crippen molar-refractivity contribution in [3.63, 3.8) is 0 Å². The molecule has 2 rings (SSSR count). The quantitative estimate of drug-likeness (QED) is 0.881. The van der Waals surface area contributed by atoms with Crippen LogP contribution in [0.3, 0.4) is 0 Å². The fourth-order valence-corrected chi connectivity index (χ4v) is 3.35. The normalized spacial score (nSPS) is 23.7. The molecule has 0 aliphatic carbocycles. The monoisotopic (exact) mass is 312 g/mol. The van der Waals surface area contributed by atoms with Gasteiger partial charge in [0.15, 0.2) is 0 Å². The van der Waals surface area contributed by atoms with E-state index in [0.29, 0.717) is 23.0 Å². The smallest absolute Gasteiger partial charge is 0.124 e. The Labute approximate surface area is 132 Å². The maximum atomic E-state index is 13.2. The van der Waals surface area contributed by atoms with E-state index in [1.165, 1.54) is 18.6 Å². The third-order valence-electron chi connectivity index (χ3n) is 4.23. The molecule has 1 aliphatic rings. The van der Waals surface area contributed by atoms with Crippen LogP contribution in [0.5, 0.6) is 0 Å². The minimum absolute atomic E-state index is 0.270. The Morgan fingerprint density at radius 2 is 2.19 bits per heavy atom. The fraction of sp³-hybridized carbons (Fsp3) is 0.647. The van der Waals surface area contributed by atoms with E-state index in [2.05, 4.69) is 31.0 Å². The molecule has 0 amide bonds. The van der Waals surface area contributed by atoms with Crippen LogP contribution in [0.15, 0.2) is 18.2 Å². The Morgan fingerprint density at radius 3 is 2.81 bits per heavy atom. The zero-order chi connectivity index (χ0) is 15.4. The highest BCUT2D eigenvalue weighted by molar-refractivity contribution is 6.31. The summed E-state index contributed by atoms with van der Waals surface area (Å²) in [6, 6.07) is 5.77. The highest BCUT2D eigenvalue weighted by Crippen LogP contribution is 2.23. The number of piperazine rings is 1. The molecule has 0 saturated carbocycles. The molecule has 1 aromatic carbocycles. The average molecular weight is 313 g/mol. The van der Waals surface area contributed by atoms with Gasteiger partial charge in [0.25, 0.3) is 0 Å². The summed E-state index contributed by atoms with van der Waals surface area (Å²) in [5.74, 6) is 0.422. The van der Waals surface area contributed by atoms with Crippen LogP contribution in [-0.4, -0.2) is 30.1 Å². The van der Waals surface area contributed by atoms with Crippen molar-refractivity contribution in [2.75, 3.05) is 13.1 Å². The van der Waals surface area contributed by atoms with Gasteiger partial charge in [0.1, 0.15) is 5.82 Å². The van der Waals surface area contributed by atoms with Crippen molar-refractivity contribution in [2.45, 2.75) is 52.2 Å². The van der Waals surface area contributed by atoms with E-state index in [1.807, 2.05) is 6.07 Å². The molecular formula is C17H26ClFN2. The molecule has 1 fully saturated rings. The van der Waals surface area contributed by atoms with Crippen LogP contribution >= 0.6 is 11.6 Å². The maximum absolute atomic E-state index is 13.2. The van der Waals surface area contributed by atoms with E-state index in [-0.39, 0.29) is 5.82 Å². The van der Waals surface area contributed by atoms with Crippen LogP contribution in [0, 0.1) is 11.7 Å². The number of hydrogen-bond acceptors (Lipinski definition) is 2. The van der Waals surface area contributed by atoms with Crippen molar-refractivity contribution in [1.82, 2.24) is 10.2 Å². The van der Waals surface area contributed by atoms with Gasteiger partial charge in [-0.1, -0.05) is 38.4 Å². The molecule has 21 heavy (non-hydrogen) atoms. The van der Waals surface area contributed by atoms with Crippen molar-refractivity contribution in [2.24, 2.45) is 5.92 Å². The molecule has 2 atom stereocenters. The molecule has 1 aromatic rings. The van der Waals surface area contributed by atoms with E-state index in [4.69, 9.17) is 11.6 Å². The first kappa shape index (κ1) is 16.7. The second kappa shape index (κ2) is 7.57. The summed E-state index contributed by atoms with van der Waals surface area (Å²) in [7, 11) is 0. The molecule has 118 valence electrons. The molecule has 0 spiro atoms. The van der Waals surface area contributed by atoms with Crippen LogP contribution in [0.4, 0.5) is 4.39 Å². The highest BCUT2D eigenvalue weighted by atomic mass is 35.5. The average Bonchev–Trinajstić information content (AvgIpc) is 2.41. The van der Waals surface area contributed by atoms with E-state index in [0.717, 1.165) is 31.6 Å². The lowest BCUT2D eigenvalue weighted by Crippen LogP contribution is -2.56. The standard InChI is InChI=1S/C17H26ClFN2/c1-4-16-9-20-15(7-12(2)3)11-21(16)10-13-5-6-14(19)8-17(13)18/h5-6,8,12,15-16,20H,4,7,9-11H2,1-3H3.